The molecule has 0 unspecified atom stereocenters. The lowest BCUT2D eigenvalue weighted by molar-refractivity contribution is -0.115. The lowest BCUT2D eigenvalue weighted by Crippen LogP contribution is -2.21. The van der Waals surface area contributed by atoms with E-state index in [-0.39, 0.29) is 24.8 Å². The minimum Gasteiger partial charge on any atom is -0.396 e. The zero-order chi connectivity index (χ0) is 32.1. The quantitative estimate of drug-likeness (QED) is 0.261. The van der Waals surface area contributed by atoms with E-state index in [1.54, 1.807) is 25.3 Å². The molecule has 1 aromatic carbocycles. The van der Waals surface area contributed by atoms with Gasteiger partial charge in [0.2, 0.25) is 0 Å². The summed E-state index contributed by atoms with van der Waals surface area (Å²) in [4.78, 5) is 30.3. The standard InChI is InChI=1S/C21H25F2N3O.C11H21NO.CH5N.H2/c1-4-21(22,23)17-10-16(11-19(12-17)26-7-5-6-8-26)20(27)25-18-9-14(2)15(3)24-13-18;1-5-9(12)10(13)7-6-8-11(2,3)4;1-2;/h9-13H,4-8H2,1-3H3,(H,25,27);5H,6-8,12H2,1-4H3;2H2,1H3;1H/b;9-5-;;. The predicted octanol–water partition coefficient (Wildman–Crippen LogP) is 7.51. The highest BCUT2D eigenvalue weighted by Gasteiger charge is 2.31. The van der Waals surface area contributed by atoms with Crippen LogP contribution in [0.2, 0.25) is 0 Å². The molecule has 1 fully saturated rings. The number of pyridine rings is 1. The summed E-state index contributed by atoms with van der Waals surface area (Å²) in [5.74, 6) is -3.30. The number of ketones is 1. The van der Waals surface area contributed by atoms with Crippen LogP contribution < -0.4 is 21.7 Å². The molecule has 0 spiro atoms. The number of alkyl halides is 2. The van der Waals surface area contributed by atoms with Crippen molar-refractivity contribution in [1.82, 2.24) is 4.98 Å². The molecule has 2 aromatic rings. The number of aromatic nitrogens is 1. The van der Waals surface area contributed by atoms with Crippen LogP contribution in [0.5, 0.6) is 0 Å². The van der Waals surface area contributed by atoms with E-state index in [2.05, 4.69) is 41.7 Å². The second kappa shape index (κ2) is 16.9. The van der Waals surface area contributed by atoms with Crippen LogP contribution in [-0.2, 0) is 10.7 Å². The number of aryl methyl sites for hydroxylation is 2. The number of benzene rings is 1. The summed E-state index contributed by atoms with van der Waals surface area (Å²) in [6, 6.07) is 6.34. The fourth-order valence-corrected chi connectivity index (χ4v) is 4.31. The highest BCUT2D eigenvalue weighted by atomic mass is 19.3. The number of amides is 1. The van der Waals surface area contributed by atoms with Gasteiger partial charge in [0, 0.05) is 49.9 Å². The van der Waals surface area contributed by atoms with E-state index in [1.807, 2.05) is 19.9 Å². The van der Waals surface area contributed by atoms with E-state index < -0.39 is 11.8 Å². The number of anilines is 2. The third kappa shape index (κ3) is 11.9. The molecule has 0 aliphatic carbocycles. The molecule has 1 aliphatic heterocycles. The first kappa shape index (κ1) is 36.7. The lowest BCUT2D eigenvalue weighted by Gasteiger charge is -2.22. The smallest absolute Gasteiger partial charge is 0.273 e. The van der Waals surface area contributed by atoms with E-state index in [4.69, 9.17) is 5.73 Å². The topological polar surface area (TPSA) is 114 Å². The molecule has 2 heterocycles. The molecule has 236 valence electrons. The van der Waals surface area contributed by atoms with Crippen LogP contribution in [0, 0.1) is 19.3 Å². The molecule has 5 N–H and O–H groups in total. The van der Waals surface area contributed by atoms with Crippen molar-refractivity contribution >= 4 is 23.1 Å². The van der Waals surface area contributed by atoms with E-state index >= 15 is 0 Å². The minimum absolute atomic E-state index is 0. The van der Waals surface area contributed by atoms with Crippen LogP contribution in [0.15, 0.2) is 42.2 Å². The number of carbonyl (C=O) groups is 2. The third-order valence-corrected chi connectivity index (χ3v) is 7.08. The second-order valence-electron chi connectivity index (χ2n) is 11.7. The largest absolute Gasteiger partial charge is 0.396 e. The number of hydrogen-bond donors (Lipinski definition) is 3. The van der Waals surface area contributed by atoms with Gasteiger partial charge in [0.05, 0.1) is 17.6 Å². The maximum atomic E-state index is 14.4. The van der Waals surface area contributed by atoms with Crippen molar-refractivity contribution in [2.45, 2.75) is 92.9 Å². The van der Waals surface area contributed by atoms with Crippen molar-refractivity contribution in [1.29, 1.82) is 0 Å². The van der Waals surface area contributed by atoms with Crippen LogP contribution in [0.4, 0.5) is 20.2 Å². The molecule has 7 nitrogen and oxygen atoms in total. The Morgan fingerprint density at radius 3 is 2.24 bits per heavy atom. The molecule has 9 heteroatoms. The van der Waals surface area contributed by atoms with Crippen LogP contribution >= 0.6 is 0 Å². The molecule has 3 rings (SSSR count). The van der Waals surface area contributed by atoms with Gasteiger partial charge in [-0.05, 0) is 88.7 Å². The Kier molecular flexibility index (Phi) is 14.8. The fourth-order valence-electron chi connectivity index (χ4n) is 4.31. The number of Topliss-reactive ketones (excluding diaryl/α,β-unsaturated/α-hetero) is 1. The second-order valence-corrected chi connectivity index (χ2v) is 11.7. The van der Waals surface area contributed by atoms with E-state index in [0.29, 0.717) is 28.9 Å². The number of hydrogen-bond acceptors (Lipinski definition) is 6. The number of nitrogens with one attached hydrogen (secondary N) is 1. The van der Waals surface area contributed by atoms with Gasteiger partial charge in [0.1, 0.15) is 0 Å². The molecule has 1 aromatic heterocycles. The van der Waals surface area contributed by atoms with Crippen molar-refractivity contribution in [2.75, 3.05) is 30.4 Å². The summed E-state index contributed by atoms with van der Waals surface area (Å²) in [6.45, 7) is 15.2. The van der Waals surface area contributed by atoms with Crippen LogP contribution in [0.3, 0.4) is 0 Å². The number of halogens is 2. The van der Waals surface area contributed by atoms with E-state index in [1.165, 1.54) is 26.1 Å². The van der Waals surface area contributed by atoms with Crippen LogP contribution in [-0.4, -0.2) is 36.8 Å². The van der Waals surface area contributed by atoms with Crippen LogP contribution in [0.1, 0.15) is 102 Å². The molecule has 0 saturated carbocycles. The van der Waals surface area contributed by atoms with Gasteiger partial charge in [-0.3, -0.25) is 14.6 Å². The highest BCUT2D eigenvalue weighted by molar-refractivity contribution is 6.05. The molecule has 1 aliphatic rings. The molecular weight excluding hydrogens is 536 g/mol. The maximum absolute atomic E-state index is 14.4. The Hall–Kier alpha value is -3.33. The molecule has 0 radical (unpaired) electrons. The Morgan fingerprint density at radius 1 is 1.10 bits per heavy atom. The summed E-state index contributed by atoms with van der Waals surface area (Å²) < 4.78 is 28.7. The summed E-state index contributed by atoms with van der Waals surface area (Å²) in [7, 11) is 1.50. The molecule has 42 heavy (non-hydrogen) atoms. The Labute approximate surface area is 252 Å². The van der Waals surface area contributed by atoms with E-state index in [0.717, 1.165) is 50.0 Å². The number of allylic oxidation sites excluding steroid dienone is 2. The van der Waals surface area contributed by atoms with Crippen LogP contribution in [0.25, 0.3) is 0 Å². The Morgan fingerprint density at radius 2 is 1.71 bits per heavy atom. The van der Waals surface area contributed by atoms with Gasteiger partial charge in [0.25, 0.3) is 11.8 Å². The Bertz CT molecular complexity index is 1210. The summed E-state index contributed by atoms with van der Waals surface area (Å²) in [5.41, 5.74) is 13.9. The van der Waals surface area contributed by atoms with Crippen molar-refractivity contribution in [2.24, 2.45) is 16.9 Å². The fraction of sp³-hybridized carbons (Fsp3) is 0.545. The number of carbonyl (C=O) groups excluding carboxylic acids is 2. The Balaban J connectivity index is 0.000000939. The zero-order valence-corrected chi connectivity index (χ0v) is 26.7. The lowest BCUT2D eigenvalue weighted by atomic mass is 9.89. The third-order valence-electron chi connectivity index (χ3n) is 7.08. The molecule has 1 saturated heterocycles. The van der Waals surface area contributed by atoms with Crippen molar-refractivity contribution < 1.29 is 19.8 Å². The van der Waals surface area contributed by atoms with Gasteiger partial charge in [-0.2, -0.15) is 0 Å². The zero-order valence-electron chi connectivity index (χ0n) is 26.7. The average Bonchev–Trinajstić information content (AvgIpc) is 3.50. The summed E-state index contributed by atoms with van der Waals surface area (Å²) in [6.07, 6.45) is 7.57. The molecule has 1 amide bonds. The van der Waals surface area contributed by atoms with Gasteiger partial charge >= 0.3 is 0 Å². The van der Waals surface area contributed by atoms with Crippen molar-refractivity contribution in [3.05, 3.63) is 64.6 Å². The normalized spacial score (nSPS) is 13.5. The van der Waals surface area contributed by atoms with Gasteiger partial charge in [-0.1, -0.05) is 33.8 Å². The predicted molar refractivity (Wildman–Crippen MR) is 172 cm³/mol. The first-order valence-corrected chi connectivity index (χ1v) is 14.7. The first-order valence-electron chi connectivity index (χ1n) is 14.7. The number of rotatable bonds is 9. The van der Waals surface area contributed by atoms with Gasteiger partial charge in [-0.15, -0.1) is 0 Å². The summed E-state index contributed by atoms with van der Waals surface area (Å²) >= 11 is 0. The van der Waals surface area contributed by atoms with E-state index in [9.17, 15) is 18.4 Å². The van der Waals surface area contributed by atoms with Gasteiger partial charge in [0.15, 0.2) is 5.78 Å². The maximum Gasteiger partial charge on any atom is 0.273 e. The minimum atomic E-state index is -2.97. The summed E-state index contributed by atoms with van der Waals surface area (Å²) in [5, 5.41) is 2.78. The van der Waals surface area contributed by atoms with Gasteiger partial charge in [-0.25, -0.2) is 8.78 Å². The monoisotopic (exact) mass is 589 g/mol. The average molecular weight is 590 g/mol. The SMILES string of the molecule is C/C=C(\N)C(=O)CCCC(C)(C)C.CCC(F)(F)c1cc(C(=O)Nc2cnc(C)c(C)c2)cc(N2CCCC2)c1.CN.[HH]. The number of nitrogens with two attached hydrogens (primary N) is 2. The first-order chi connectivity index (χ1) is 19.7. The molecule has 0 atom stereocenters. The number of nitrogens with zero attached hydrogens (tertiary/aromatic N) is 2. The van der Waals surface area contributed by atoms with Gasteiger partial charge < -0.3 is 21.7 Å². The van der Waals surface area contributed by atoms with Crippen molar-refractivity contribution in [3.63, 3.8) is 0 Å². The molecule has 0 bridgehead atoms. The molecular formula is C33H53F2N5O2. The highest BCUT2D eigenvalue weighted by Crippen LogP contribution is 2.35. The van der Waals surface area contributed by atoms with Crippen molar-refractivity contribution in [3.8, 4) is 0 Å².